The van der Waals surface area contributed by atoms with E-state index in [-0.39, 0.29) is 11.9 Å². The maximum Gasteiger partial charge on any atom is 0.332 e. The molecule has 0 bridgehead atoms. The third kappa shape index (κ3) is 3.43. The van der Waals surface area contributed by atoms with Gasteiger partial charge in [-0.05, 0) is 37.5 Å². The zero-order valence-corrected chi connectivity index (χ0v) is 13.1. The average Bonchev–Trinajstić information content (AvgIpc) is 3.26. The Morgan fingerprint density at radius 2 is 2.00 bits per heavy atom. The predicted octanol–water partition coefficient (Wildman–Crippen LogP) is 1.08. The molecule has 1 amide bonds. The minimum atomic E-state index is -1.03. The van der Waals surface area contributed by atoms with Gasteiger partial charge in [-0.3, -0.25) is 4.79 Å². The zero-order valence-electron chi connectivity index (χ0n) is 13.1. The van der Waals surface area contributed by atoms with Gasteiger partial charge in [0, 0.05) is 0 Å². The van der Waals surface area contributed by atoms with E-state index in [0.717, 1.165) is 11.3 Å². The molecule has 0 saturated carbocycles. The van der Waals surface area contributed by atoms with Crippen LogP contribution in [-0.4, -0.2) is 44.0 Å². The Morgan fingerprint density at radius 3 is 2.58 bits per heavy atom. The van der Waals surface area contributed by atoms with Crippen LogP contribution < -0.4 is 5.32 Å². The summed E-state index contributed by atoms with van der Waals surface area (Å²) in [5, 5.41) is 15.8. The van der Waals surface area contributed by atoms with Gasteiger partial charge < -0.3 is 15.2 Å². The number of nitrogens with one attached hydrogen (secondary N) is 1. The number of aliphatic carboxylic acids is 1. The molecule has 24 heavy (non-hydrogen) atoms. The van der Waals surface area contributed by atoms with Crippen LogP contribution in [0.3, 0.4) is 0 Å². The van der Waals surface area contributed by atoms with Crippen LogP contribution in [0.15, 0.2) is 36.9 Å². The van der Waals surface area contributed by atoms with Crippen LogP contribution in [-0.2, 0) is 14.3 Å². The summed E-state index contributed by atoms with van der Waals surface area (Å²) in [7, 11) is 0. The van der Waals surface area contributed by atoms with Gasteiger partial charge in [0.2, 0.25) is 5.91 Å². The van der Waals surface area contributed by atoms with Crippen molar-refractivity contribution in [3.8, 4) is 5.69 Å². The van der Waals surface area contributed by atoms with Crippen LogP contribution in [0.5, 0.6) is 0 Å². The lowest BCUT2D eigenvalue weighted by molar-refractivity contribution is -0.151. The number of carbonyl (C=O) groups excluding carboxylic acids is 1. The lowest BCUT2D eigenvalue weighted by Gasteiger charge is -2.18. The number of carbonyl (C=O) groups is 2. The second kappa shape index (κ2) is 6.79. The topological polar surface area (TPSA) is 106 Å². The van der Waals surface area contributed by atoms with Gasteiger partial charge in [-0.1, -0.05) is 12.1 Å². The summed E-state index contributed by atoms with van der Waals surface area (Å²) in [5.41, 5.74) is 1.80. The molecule has 0 spiro atoms. The zero-order chi connectivity index (χ0) is 17.1. The first-order valence-corrected chi connectivity index (χ1v) is 7.68. The Balaban J connectivity index is 1.59. The molecule has 3 atom stereocenters. The number of ether oxygens (including phenoxy) is 1. The number of rotatable bonds is 5. The Kier molecular flexibility index (Phi) is 4.57. The van der Waals surface area contributed by atoms with E-state index in [1.54, 1.807) is 11.0 Å². The van der Waals surface area contributed by atoms with E-state index in [4.69, 9.17) is 9.84 Å². The maximum atomic E-state index is 12.2. The summed E-state index contributed by atoms with van der Waals surface area (Å²) in [6.45, 7) is 1.87. The molecule has 1 aromatic carbocycles. The SMILES string of the molecule is CC(NC(=O)[C@@H]1CC[C@H](C(=O)O)O1)c1ccc(-n2cncn2)cc1. The van der Waals surface area contributed by atoms with Gasteiger partial charge in [-0.2, -0.15) is 5.10 Å². The van der Waals surface area contributed by atoms with E-state index >= 15 is 0 Å². The summed E-state index contributed by atoms with van der Waals surface area (Å²) in [6.07, 6.45) is 2.25. The Labute approximate surface area is 138 Å². The van der Waals surface area contributed by atoms with Crippen LogP contribution in [0.1, 0.15) is 31.4 Å². The van der Waals surface area contributed by atoms with E-state index in [2.05, 4.69) is 15.4 Å². The van der Waals surface area contributed by atoms with E-state index in [9.17, 15) is 9.59 Å². The van der Waals surface area contributed by atoms with Crippen molar-refractivity contribution >= 4 is 11.9 Å². The van der Waals surface area contributed by atoms with Crippen molar-refractivity contribution in [2.24, 2.45) is 0 Å². The lowest BCUT2D eigenvalue weighted by Crippen LogP contribution is -2.37. The summed E-state index contributed by atoms with van der Waals surface area (Å²) >= 11 is 0. The molecule has 126 valence electrons. The van der Waals surface area contributed by atoms with E-state index < -0.39 is 18.2 Å². The highest BCUT2D eigenvalue weighted by atomic mass is 16.5. The number of nitrogens with zero attached hydrogens (tertiary/aromatic N) is 3. The van der Waals surface area contributed by atoms with Crippen LogP contribution >= 0.6 is 0 Å². The molecule has 1 saturated heterocycles. The minimum absolute atomic E-state index is 0.213. The van der Waals surface area contributed by atoms with Gasteiger partial charge in [-0.15, -0.1) is 0 Å². The molecule has 8 heteroatoms. The van der Waals surface area contributed by atoms with Gasteiger partial charge in [0.15, 0.2) is 6.10 Å². The quantitative estimate of drug-likeness (QED) is 0.849. The Bertz CT molecular complexity index is 714. The van der Waals surface area contributed by atoms with Crippen molar-refractivity contribution < 1.29 is 19.4 Å². The predicted molar refractivity (Wildman–Crippen MR) is 83.4 cm³/mol. The Morgan fingerprint density at radius 1 is 1.29 bits per heavy atom. The van der Waals surface area contributed by atoms with Gasteiger partial charge in [0.1, 0.15) is 18.8 Å². The molecule has 2 heterocycles. The van der Waals surface area contributed by atoms with Crippen LogP contribution in [0, 0.1) is 0 Å². The maximum absolute atomic E-state index is 12.2. The van der Waals surface area contributed by atoms with E-state index in [1.807, 2.05) is 31.2 Å². The van der Waals surface area contributed by atoms with Crippen LogP contribution in [0.4, 0.5) is 0 Å². The normalized spacial score (nSPS) is 21.4. The second-order valence-electron chi connectivity index (χ2n) is 5.69. The standard InChI is InChI=1S/C16H18N4O4/c1-10(19-15(21)13-6-7-14(24-13)16(22)23)11-2-4-12(5-3-11)20-9-17-8-18-20/h2-5,8-10,13-14H,6-7H2,1H3,(H,19,21)(H,22,23)/t10?,13-,14+/m0/s1. The Hall–Kier alpha value is -2.74. The second-order valence-corrected chi connectivity index (χ2v) is 5.69. The van der Waals surface area contributed by atoms with Gasteiger partial charge in [-0.25, -0.2) is 14.5 Å². The molecule has 1 unspecified atom stereocenters. The molecule has 8 nitrogen and oxygen atoms in total. The molecule has 2 N–H and O–H groups in total. The van der Waals surface area contributed by atoms with Crippen molar-refractivity contribution in [1.82, 2.24) is 20.1 Å². The average molecular weight is 330 g/mol. The first kappa shape index (κ1) is 16.1. The number of hydrogen-bond donors (Lipinski definition) is 2. The van der Waals surface area contributed by atoms with Crippen LogP contribution in [0.2, 0.25) is 0 Å². The first-order valence-electron chi connectivity index (χ1n) is 7.68. The number of amides is 1. The lowest BCUT2D eigenvalue weighted by atomic mass is 10.1. The highest BCUT2D eigenvalue weighted by molar-refractivity contribution is 5.83. The van der Waals surface area contributed by atoms with Crippen molar-refractivity contribution in [3.63, 3.8) is 0 Å². The third-order valence-electron chi connectivity index (χ3n) is 4.02. The molecule has 2 aromatic rings. The molecule has 3 rings (SSSR count). The molecule has 0 radical (unpaired) electrons. The van der Waals surface area contributed by atoms with Crippen molar-refractivity contribution in [1.29, 1.82) is 0 Å². The molecule has 1 fully saturated rings. The molecular formula is C16H18N4O4. The smallest absolute Gasteiger partial charge is 0.332 e. The third-order valence-corrected chi connectivity index (χ3v) is 4.02. The monoisotopic (exact) mass is 330 g/mol. The molecular weight excluding hydrogens is 312 g/mol. The fourth-order valence-electron chi connectivity index (χ4n) is 2.66. The van der Waals surface area contributed by atoms with Gasteiger partial charge in [0.25, 0.3) is 0 Å². The molecule has 0 aliphatic carbocycles. The highest BCUT2D eigenvalue weighted by Crippen LogP contribution is 2.21. The van der Waals surface area contributed by atoms with Gasteiger partial charge in [0.05, 0.1) is 11.7 Å². The number of hydrogen-bond acceptors (Lipinski definition) is 5. The fourth-order valence-corrected chi connectivity index (χ4v) is 2.66. The summed E-state index contributed by atoms with van der Waals surface area (Å²) in [4.78, 5) is 27.0. The summed E-state index contributed by atoms with van der Waals surface area (Å²) in [6, 6.07) is 7.36. The number of benzene rings is 1. The highest BCUT2D eigenvalue weighted by Gasteiger charge is 2.35. The minimum Gasteiger partial charge on any atom is -0.479 e. The number of aromatic nitrogens is 3. The number of carboxylic acid groups (broad SMARTS) is 1. The van der Waals surface area contributed by atoms with Crippen LogP contribution in [0.25, 0.3) is 5.69 Å². The fraction of sp³-hybridized carbons (Fsp3) is 0.375. The summed E-state index contributed by atoms with van der Waals surface area (Å²) in [5.74, 6) is -1.31. The molecule has 1 aliphatic rings. The van der Waals surface area contributed by atoms with Gasteiger partial charge >= 0.3 is 5.97 Å². The van der Waals surface area contributed by atoms with E-state index in [0.29, 0.717) is 12.8 Å². The number of carboxylic acids is 1. The summed E-state index contributed by atoms with van der Waals surface area (Å²) < 4.78 is 6.90. The van der Waals surface area contributed by atoms with Crippen molar-refractivity contribution in [2.45, 2.75) is 38.0 Å². The molecule has 1 aliphatic heterocycles. The van der Waals surface area contributed by atoms with Crippen molar-refractivity contribution in [3.05, 3.63) is 42.5 Å². The van der Waals surface area contributed by atoms with E-state index in [1.165, 1.54) is 6.33 Å². The largest absolute Gasteiger partial charge is 0.479 e. The molecule has 1 aromatic heterocycles. The first-order chi connectivity index (χ1) is 11.5. The van der Waals surface area contributed by atoms with Crippen molar-refractivity contribution in [2.75, 3.05) is 0 Å².